The van der Waals surface area contributed by atoms with Gasteiger partial charge in [-0.3, -0.25) is 0 Å². The number of nitrogens with zero attached hydrogens (tertiary/aromatic N) is 5. The Labute approximate surface area is 173 Å². The number of nitrogens with two attached hydrogens (primary N) is 1. The lowest BCUT2D eigenvalue weighted by atomic mass is 10.1. The van der Waals surface area contributed by atoms with Crippen molar-refractivity contribution in [2.24, 2.45) is 0 Å². The maximum Gasteiger partial charge on any atom is 0.199 e. The van der Waals surface area contributed by atoms with Crippen LogP contribution in [-0.4, -0.2) is 44.0 Å². The molecule has 0 spiro atoms. The number of aromatic nitrogens is 5. The molecule has 5 rings (SSSR count). The Balaban J connectivity index is 1.73. The van der Waals surface area contributed by atoms with E-state index in [4.69, 9.17) is 25.1 Å². The maximum absolute atomic E-state index is 6.41. The average Bonchev–Trinajstić information content (AvgIpc) is 3.38. The molecule has 1 saturated heterocycles. The molecule has 9 heteroatoms. The zero-order valence-electron chi connectivity index (χ0n) is 16.7. The molecule has 30 heavy (non-hydrogen) atoms. The van der Waals surface area contributed by atoms with Gasteiger partial charge >= 0.3 is 0 Å². The van der Waals surface area contributed by atoms with Gasteiger partial charge in [0.1, 0.15) is 17.1 Å². The van der Waals surface area contributed by atoms with Gasteiger partial charge in [-0.25, -0.2) is 14.6 Å². The van der Waals surface area contributed by atoms with Gasteiger partial charge in [0.15, 0.2) is 23.1 Å². The molecule has 3 N–H and O–H groups in total. The summed E-state index contributed by atoms with van der Waals surface area (Å²) in [6, 6.07) is 9.99. The molecule has 0 atom stereocenters. The van der Waals surface area contributed by atoms with E-state index in [-0.39, 0.29) is 11.9 Å². The SMILES string of the molecule is CCn1c(-c2nonc2N)nc2c(-c3ccccc3)ncc(OC3CCNCC3)c21. The normalized spacial score (nSPS) is 15.0. The van der Waals surface area contributed by atoms with Crippen molar-refractivity contribution in [2.45, 2.75) is 32.4 Å². The topological polar surface area (TPSA) is 117 Å². The molecule has 4 heterocycles. The van der Waals surface area contributed by atoms with Crippen LogP contribution in [0, 0.1) is 0 Å². The summed E-state index contributed by atoms with van der Waals surface area (Å²) in [5.41, 5.74) is 9.78. The van der Waals surface area contributed by atoms with Crippen LogP contribution in [0.25, 0.3) is 33.8 Å². The molecule has 9 nitrogen and oxygen atoms in total. The molecule has 154 valence electrons. The fourth-order valence-corrected chi connectivity index (χ4v) is 3.94. The number of nitrogens with one attached hydrogen (secondary N) is 1. The molecular formula is C21H23N7O2. The summed E-state index contributed by atoms with van der Waals surface area (Å²) in [4.78, 5) is 9.61. The number of piperidine rings is 1. The minimum absolute atomic E-state index is 0.140. The summed E-state index contributed by atoms with van der Waals surface area (Å²) >= 11 is 0. The van der Waals surface area contributed by atoms with E-state index in [2.05, 4.69) is 15.6 Å². The zero-order valence-corrected chi connectivity index (χ0v) is 16.7. The van der Waals surface area contributed by atoms with Gasteiger partial charge < -0.3 is 20.4 Å². The molecule has 1 aromatic carbocycles. The van der Waals surface area contributed by atoms with E-state index in [0.717, 1.165) is 48.2 Å². The molecule has 4 aromatic rings. The van der Waals surface area contributed by atoms with E-state index in [1.807, 2.05) is 41.8 Å². The molecule has 0 saturated carbocycles. The number of aryl methyl sites for hydroxylation is 1. The maximum atomic E-state index is 6.41. The van der Waals surface area contributed by atoms with Crippen LogP contribution in [0.15, 0.2) is 41.2 Å². The second kappa shape index (κ2) is 7.75. The van der Waals surface area contributed by atoms with Gasteiger partial charge in [-0.15, -0.1) is 0 Å². The van der Waals surface area contributed by atoms with Gasteiger partial charge in [0, 0.05) is 12.1 Å². The largest absolute Gasteiger partial charge is 0.486 e. The molecular weight excluding hydrogens is 382 g/mol. The molecule has 1 aliphatic heterocycles. The number of imidazole rings is 1. The van der Waals surface area contributed by atoms with E-state index in [1.54, 1.807) is 6.20 Å². The highest BCUT2D eigenvalue weighted by Crippen LogP contribution is 2.37. The van der Waals surface area contributed by atoms with Crippen molar-refractivity contribution in [3.05, 3.63) is 36.5 Å². The van der Waals surface area contributed by atoms with Crippen molar-refractivity contribution in [2.75, 3.05) is 18.8 Å². The van der Waals surface area contributed by atoms with Crippen LogP contribution in [0.2, 0.25) is 0 Å². The fourth-order valence-electron chi connectivity index (χ4n) is 3.94. The number of rotatable bonds is 5. The van der Waals surface area contributed by atoms with E-state index >= 15 is 0 Å². The van der Waals surface area contributed by atoms with E-state index < -0.39 is 0 Å². The van der Waals surface area contributed by atoms with Crippen molar-refractivity contribution in [1.29, 1.82) is 0 Å². The van der Waals surface area contributed by atoms with Crippen LogP contribution in [0.5, 0.6) is 5.75 Å². The van der Waals surface area contributed by atoms with Crippen molar-refractivity contribution < 1.29 is 9.37 Å². The lowest BCUT2D eigenvalue weighted by molar-refractivity contribution is 0.163. The third kappa shape index (κ3) is 3.17. The highest BCUT2D eigenvalue weighted by atomic mass is 16.6. The predicted molar refractivity (Wildman–Crippen MR) is 113 cm³/mol. The Bertz CT molecular complexity index is 1160. The molecule has 0 bridgehead atoms. The molecule has 3 aromatic heterocycles. The van der Waals surface area contributed by atoms with Gasteiger partial charge in [0.2, 0.25) is 0 Å². The number of anilines is 1. The highest BCUT2D eigenvalue weighted by Gasteiger charge is 2.25. The second-order valence-electron chi connectivity index (χ2n) is 7.28. The molecule has 0 amide bonds. The quantitative estimate of drug-likeness (QED) is 0.520. The number of benzene rings is 1. The highest BCUT2D eigenvalue weighted by molar-refractivity contribution is 5.95. The first-order valence-electron chi connectivity index (χ1n) is 10.2. The first kappa shape index (κ1) is 18.6. The molecule has 1 aliphatic rings. The van der Waals surface area contributed by atoms with Crippen molar-refractivity contribution in [1.82, 2.24) is 30.2 Å². The zero-order chi connectivity index (χ0) is 20.5. The monoisotopic (exact) mass is 405 g/mol. The van der Waals surface area contributed by atoms with Gasteiger partial charge in [-0.05, 0) is 43.2 Å². The van der Waals surface area contributed by atoms with Gasteiger partial charge in [-0.1, -0.05) is 30.3 Å². The van der Waals surface area contributed by atoms with Crippen LogP contribution >= 0.6 is 0 Å². The first-order valence-corrected chi connectivity index (χ1v) is 10.2. The van der Waals surface area contributed by atoms with Crippen molar-refractivity contribution >= 4 is 16.9 Å². The number of hydrogen-bond donors (Lipinski definition) is 2. The third-order valence-corrected chi connectivity index (χ3v) is 5.41. The van der Waals surface area contributed by atoms with Crippen LogP contribution in [-0.2, 0) is 6.54 Å². The Hall–Kier alpha value is -3.46. The lowest BCUT2D eigenvalue weighted by Gasteiger charge is -2.24. The predicted octanol–water partition coefficient (Wildman–Crippen LogP) is 2.88. The number of pyridine rings is 1. The first-order chi connectivity index (χ1) is 14.8. The summed E-state index contributed by atoms with van der Waals surface area (Å²) < 4.78 is 13.3. The van der Waals surface area contributed by atoms with E-state index in [1.165, 1.54) is 0 Å². The fraction of sp³-hybridized carbons (Fsp3) is 0.333. The molecule has 0 aliphatic carbocycles. The summed E-state index contributed by atoms with van der Waals surface area (Å²) in [6.07, 6.45) is 3.85. The Morgan fingerprint density at radius 1 is 1.17 bits per heavy atom. The number of ether oxygens (including phenoxy) is 1. The van der Waals surface area contributed by atoms with Gasteiger partial charge in [0.25, 0.3) is 0 Å². The summed E-state index contributed by atoms with van der Waals surface area (Å²) in [6.45, 7) is 4.59. The Morgan fingerprint density at radius 2 is 1.97 bits per heavy atom. The Morgan fingerprint density at radius 3 is 2.67 bits per heavy atom. The van der Waals surface area contributed by atoms with Crippen LogP contribution in [0.4, 0.5) is 5.82 Å². The van der Waals surface area contributed by atoms with Gasteiger partial charge in [-0.2, -0.15) is 0 Å². The smallest absolute Gasteiger partial charge is 0.199 e. The lowest BCUT2D eigenvalue weighted by Crippen LogP contribution is -2.34. The van der Waals surface area contributed by atoms with Crippen LogP contribution < -0.4 is 15.8 Å². The van der Waals surface area contributed by atoms with Crippen molar-refractivity contribution in [3.63, 3.8) is 0 Å². The summed E-state index contributed by atoms with van der Waals surface area (Å²) in [7, 11) is 0. The Kier molecular flexibility index (Phi) is 4.80. The molecule has 0 unspecified atom stereocenters. The third-order valence-electron chi connectivity index (χ3n) is 5.41. The van der Waals surface area contributed by atoms with Gasteiger partial charge in [0.05, 0.1) is 11.9 Å². The van der Waals surface area contributed by atoms with Crippen LogP contribution in [0.1, 0.15) is 19.8 Å². The average molecular weight is 405 g/mol. The molecule has 1 fully saturated rings. The summed E-state index contributed by atoms with van der Waals surface area (Å²) in [5.74, 6) is 1.51. The second-order valence-corrected chi connectivity index (χ2v) is 7.28. The van der Waals surface area contributed by atoms with Crippen LogP contribution in [0.3, 0.4) is 0 Å². The van der Waals surface area contributed by atoms with E-state index in [9.17, 15) is 0 Å². The van der Waals surface area contributed by atoms with Crippen molar-refractivity contribution in [3.8, 4) is 28.5 Å². The standard InChI is InChI=1S/C21H23N7O2/c1-2-28-19-15(29-14-8-10-23-11-9-14)12-24-16(13-6-4-3-5-7-13)17(19)25-21(28)18-20(22)27-30-26-18/h3-7,12,14,23H,2,8-11H2,1H3,(H2,22,27). The number of nitrogen functional groups attached to an aromatic ring is 1. The molecule has 0 radical (unpaired) electrons. The van der Waals surface area contributed by atoms with E-state index in [0.29, 0.717) is 23.8 Å². The number of hydrogen-bond acceptors (Lipinski definition) is 8. The minimum Gasteiger partial charge on any atom is -0.486 e. The minimum atomic E-state index is 0.140. The summed E-state index contributed by atoms with van der Waals surface area (Å²) in [5, 5.41) is 11.1. The number of fused-ring (bicyclic) bond motifs is 1.